The van der Waals surface area contributed by atoms with Gasteiger partial charge in [-0.25, -0.2) is 0 Å². The fraction of sp³-hybridized carbons (Fsp3) is 0.462. The number of halogens is 2. The molecule has 0 aromatic heterocycles. The topological polar surface area (TPSA) is 70.6 Å². The number of carbonyl (C=O) groups is 1. The summed E-state index contributed by atoms with van der Waals surface area (Å²) in [6, 6.07) is 4.91. The molecule has 0 radical (unpaired) electrons. The Morgan fingerprint density at radius 2 is 2.15 bits per heavy atom. The molecule has 0 aliphatic heterocycles. The van der Waals surface area contributed by atoms with Crippen LogP contribution in [0, 0.1) is 0 Å². The van der Waals surface area contributed by atoms with E-state index in [1.807, 2.05) is 0 Å². The van der Waals surface area contributed by atoms with Crippen molar-refractivity contribution in [3.8, 4) is 5.75 Å². The van der Waals surface area contributed by atoms with Gasteiger partial charge in [0.1, 0.15) is 18.5 Å². The quantitative estimate of drug-likeness (QED) is 0.634. The molecule has 1 unspecified atom stereocenters. The number of benzene rings is 1. The van der Waals surface area contributed by atoms with Crippen molar-refractivity contribution in [2.45, 2.75) is 12.5 Å². The van der Waals surface area contributed by atoms with E-state index < -0.39 is 6.10 Å². The van der Waals surface area contributed by atoms with E-state index in [0.29, 0.717) is 35.3 Å². The van der Waals surface area contributed by atoms with Crippen molar-refractivity contribution < 1.29 is 14.6 Å². The highest BCUT2D eigenvalue weighted by molar-refractivity contribution is 6.42. The third-order valence-electron chi connectivity index (χ3n) is 2.52. The maximum absolute atomic E-state index is 11.0. The molecule has 0 aliphatic carbocycles. The molecule has 3 N–H and O–H groups in total. The molecule has 0 aliphatic rings. The molecule has 0 spiro atoms. The fourth-order valence-corrected chi connectivity index (χ4v) is 1.70. The van der Waals surface area contributed by atoms with Crippen molar-refractivity contribution in [1.82, 2.24) is 10.6 Å². The molecule has 0 heterocycles. The van der Waals surface area contributed by atoms with Crippen molar-refractivity contribution >= 4 is 29.1 Å². The second kappa shape index (κ2) is 9.02. The summed E-state index contributed by atoms with van der Waals surface area (Å²) in [4.78, 5) is 11.0. The summed E-state index contributed by atoms with van der Waals surface area (Å²) in [5, 5.41) is 16.1. The zero-order valence-electron chi connectivity index (χ0n) is 11.2. The Bertz CT molecular complexity index is 444. The maximum Gasteiger partial charge on any atom is 0.221 e. The van der Waals surface area contributed by atoms with E-state index in [1.54, 1.807) is 25.2 Å². The second-order valence-corrected chi connectivity index (χ2v) is 4.98. The van der Waals surface area contributed by atoms with Gasteiger partial charge in [0, 0.05) is 32.6 Å². The highest BCUT2D eigenvalue weighted by atomic mass is 35.5. The smallest absolute Gasteiger partial charge is 0.221 e. The Morgan fingerprint density at radius 3 is 2.80 bits per heavy atom. The van der Waals surface area contributed by atoms with Crippen LogP contribution in [0.5, 0.6) is 5.75 Å². The number of aliphatic hydroxyl groups is 1. The van der Waals surface area contributed by atoms with Crippen molar-refractivity contribution in [3.63, 3.8) is 0 Å². The van der Waals surface area contributed by atoms with Gasteiger partial charge in [-0.05, 0) is 12.1 Å². The first-order chi connectivity index (χ1) is 9.52. The van der Waals surface area contributed by atoms with Crippen LogP contribution in [0.25, 0.3) is 0 Å². The van der Waals surface area contributed by atoms with Crippen LogP contribution in [0.15, 0.2) is 18.2 Å². The molecule has 20 heavy (non-hydrogen) atoms. The van der Waals surface area contributed by atoms with Gasteiger partial charge >= 0.3 is 0 Å². The molecular formula is C13H18Cl2N2O3. The third-order valence-corrected chi connectivity index (χ3v) is 3.26. The summed E-state index contributed by atoms with van der Waals surface area (Å²) in [6.45, 7) is 0.979. The van der Waals surface area contributed by atoms with Gasteiger partial charge in [0.2, 0.25) is 5.91 Å². The standard InChI is InChI=1S/C13H18Cl2N2O3/c1-16-13(19)4-5-17-7-9(18)8-20-10-2-3-11(14)12(15)6-10/h2-3,6,9,17-18H,4-5,7-8H2,1H3,(H,16,19). The van der Waals surface area contributed by atoms with E-state index in [1.165, 1.54) is 0 Å². The van der Waals surface area contributed by atoms with E-state index in [2.05, 4.69) is 10.6 Å². The third kappa shape index (κ3) is 6.43. The summed E-state index contributed by atoms with van der Waals surface area (Å²) in [5.74, 6) is 0.503. The van der Waals surface area contributed by atoms with Gasteiger partial charge in [0.05, 0.1) is 10.0 Å². The van der Waals surface area contributed by atoms with Crippen LogP contribution in [0.2, 0.25) is 10.0 Å². The van der Waals surface area contributed by atoms with Gasteiger partial charge in [-0.3, -0.25) is 4.79 Å². The molecule has 7 heteroatoms. The van der Waals surface area contributed by atoms with Crippen molar-refractivity contribution in [1.29, 1.82) is 0 Å². The summed E-state index contributed by atoms with van der Waals surface area (Å²) in [5.41, 5.74) is 0. The normalized spacial score (nSPS) is 12.0. The lowest BCUT2D eigenvalue weighted by molar-refractivity contribution is -0.120. The van der Waals surface area contributed by atoms with Gasteiger partial charge in [-0.15, -0.1) is 0 Å². The molecule has 112 valence electrons. The lowest BCUT2D eigenvalue weighted by Crippen LogP contribution is -2.33. The molecule has 0 bridgehead atoms. The highest BCUT2D eigenvalue weighted by Gasteiger charge is 2.06. The number of aliphatic hydroxyl groups excluding tert-OH is 1. The zero-order chi connectivity index (χ0) is 15.0. The van der Waals surface area contributed by atoms with E-state index in [-0.39, 0.29) is 12.5 Å². The summed E-state index contributed by atoms with van der Waals surface area (Å²) in [6.07, 6.45) is -0.300. The Balaban J connectivity index is 2.20. The Morgan fingerprint density at radius 1 is 1.40 bits per heavy atom. The average molecular weight is 321 g/mol. The first-order valence-corrected chi connectivity index (χ1v) is 6.95. The van der Waals surface area contributed by atoms with Crippen LogP contribution in [-0.4, -0.2) is 43.9 Å². The van der Waals surface area contributed by atoms with Crippen molar-refractivity contribution in [3.05, 3.63) is 28.2 Å². The van der Waals surface area contributed by atoms with E-state index in [0.717, 1.165) is 0 Å². The minimum atomic E-state index is -0.672. The molecule has 1 amide bonds. The monoisotopic (exact) mass is 320 g/mol. The number of ether oxygens (including phenoxy) is 1. The highest BCUT2D eigenvalue weighted by Crippen LogP contribution is 2.26. The Labute approximate surface area is 128 Å². The predicted molar refractivity (Wildman–Crippen MR) is 79.5 cm³/mol. The lowest BCUT2D eigenvalue weighted by Gasteiger charge is -2.13. The Kier molecular flexibility index (Phi) is 7.69. The largest absolute Gasteiger partial charge is 0.491 e. The van der Waals surface area contributed by atoms with E-state index in [4.69, 9.17) is 27.9 Å². The first kappa shape index (κ1) is 17.0. The minimum absolute atomic E-state index is 0.0426. The van der Waals surface area contributed by atoms with E-state index in [9.17, 15) is 9.90 Å². The van der Waals surface area contributed by atoms with Crippen LogP contribution in [0.4, 0.5) is 0 Å². The van der Waals surface area contributed by atoms with Crippen molar-refractivity contribution in [2.75, 3.05) is 26.7 Å². The SMILES string of the molecule is CNC(=O)CCNCC(O)COc1ccc(Cl)c(Cl)c1. The Hall–Kier alpha value is -1.01. The van der Waals surface area contributed by atoms with Gasteiger partial charge in [-0.1, -0.05) is 23.2 Å². The summed E-state index contributed by atoms with van der Waals surface area (Å²) in [7, 11) is 1.59. The van der Waals surface area contributed by atoms with E-state index >= 15 is 0 Å². The van der Waals surface area contributed by atoms with Crippen LogP contribution >= 0.6 is 23.2 Å². The molecule has 1 rings (SSSR count). The first-order valence-electron chi connectivity index (χ1n) is 6.20. The molecule has 1 aromatic carbocycles. The summed E-state index contributed by atoms with van der Waals surface area (Å²) < 4.78 is 5.39. The van der Waals surface area contributed by atoms with Crippen molar-refractivity contribution in [2.24, 2.45) is 0 Å². The molecule has 1 aromatic rings. The fourth-order valence-electron chi connectivity index (χ4n) is 1.41. The van der Waals surface area contributed by atoms with Gasteiger partial charge in [-0.2, -0.15) is 0 Å². The molecule has 0 fully saturated rings. The number of rotatable bonds is 8. The van der Waals surface area contributed by atoms with Gasteiger partial charge < -0.3 is 20.5 Å². The summed E-state index contributed by atoms with van der Waals surface area (Å²) >= 11 is 11.6. The number of hydrogen-bond donors (Lipinski definition) is 3. The molecule has 5 nitrogen and oxygen atoms in total. The molecule has 0 saturated carbocycles. The minimum Gasteiger partial charge on any atom is -0.491 e. The van der Waals surface area contributed by atoms with Crippen LogP contribution in [-0.2, 0) is 4.79 Å². The zero-order valence-corrected chi connectivity index (χ0v) is 12.7. The van der Waals surface area contributed by atoms with Crippen LogP contribution in [0.3, 0.4) is 0 Å². The second-order valence-electron chi connectivity index (χ2n) is 4.17. The van der Waals surface area contributed by atoms with Gasteiger partial charge in [0.25, 0.3) is 0 Å². The number of amides is 1. The lowest BCUT2D eigenvalue weighted by atomic mass is 10.3. The maximum atomic E-state index is 11.0. The van der Waals surface area contributed by atoms with Crippen LogP contribution < -0.4 is 15.4 Å². The number of nitrogens with one attached hydrogen (secondary N) is 2. The molecule has 0 saturated heterocycles. The van der Waals surface area contributed by atoms with Crippen LogP contribution in [0.1, 0.15) is 6.42 Å². The molecular weight excluding hydrogens is 303 g/mol. The number of hydrogen-bond acceptors (Lipinski definition) is 4. The predicted octanol–water partition coefficient (Wildman–Crippen LogP) is 1.46. The molecule has 1 atom stereocenters. The average Bonchev–Trinajstić information content (AvgIpc) is 2.44. The van der Waals surface area contributed by atoms with Gasteiger partial charge in [0.15, 0.2) is 0 Å². The number of carbonyl (C=O) groups excluding carboxylic acids is 1.